The standard InChI is InChI=1S/C9H17NO4/c1-6(9(13)14-2)3-10-4-7(11)8(12)5-10/h6-8,11-12H,3-5H2,1-2H3. The van der Waals surface area contributed by atoms with Gasteiger partial charge in [-0.1, -0.05) is 6.92 Å². The van der Waals surface area contributed by atoms with Gasteiger partial charge in [-0.2, -0.15) is 0 Å². The number of β-amino-alcohol motifs (C(OH)–C–C–N with tert-alkyl or cyclic N) is 2. The van der Waals surface area contributed by atoms with Gasteiger partial charge in [0, 0.05) is 19.6 Å². The Morgan fingerprint density at radius 1 is 1.50 bits per heavy atom. The second kappa shape index (κ2) is 4.72. The summed E-state index contributed by atoms with van der Waals surface area (Å²) in [5.74, 6) is -0.488. The SMILES string of the molecule is COC(=O)C(C)CN1CC(O)C(O)C1. The topological polar surface area (TPSA) is 70.0 Å². The molecule has 1 saturated heterocycles. The highest BCUT2D eigenvalue weighted by molar-refractivity contribution is 5.72. The first kappa shape index (κ1) is 11.4. The number of esters is 1. The molecule has 0 radical (unpaired) electrons. The molecule has 2 N–H and O–H groups in total. The summed E-state index contributed by atoms with van der Waals surface area (Å²) >= 11 is 0. The van der Waals surface area contributed by atoms with Gasteiger partial charge in [0.1, 0.15) is 0 Å². The molecule has 1 rings (SSSR count). The number of rotatable bonds is 3. The molecule has 1 fully saturated rings. The second-order valence-electron chi connectivity index (χ2n) is 3.78. The van der Waals surface area contributed by atoms with Crippen molar-refractivity contribution >= 4 is 5.97 Å². The Morgan fingerprint density at radius 2 is 2.00 bits per heavy atom. The van der Waals surface area contributed by atoms with Crippen LogP contribution in [0.1, 0.15) is 6.92 Å². The lowest BCUT2D eigenvalue weighted by Gasteiger charge is -2.18. The Morgan fingerprint density at radius 3 is 2.43 bits per heavy atom. The first-order valence-electron chi connectivity index (χ1n) is 4.71. The summed E-state index contributed by atoms with van der Waals surface area (Å²) in [5.41, 5.74) is 0. The third kappa shape index (κ3) is 2.67. The summed E-state index contributed by atoms with van der Waals surface area (Å²) in [4.78, 5) is 12.9. The lowest BCUT2D eigenvalue weighted by atomic mass is 10.2. The van der Waals surface area contributed by atoms with Crippen LogP contribution in [-0.4, -0.2) is 60.0 Å². The molecule has 1 heterocycles. The van der Waals surface area contributed by atoms with Crippen molar-refractivity contribution in [3.63, 3.8) is 0 Å². The van der Waals surface area contributed by atoms with Gasteiger partial charge in [-0.25, -0.2) is 0 Å². The highest BCUT2D eigenvalue weighted by Crippen LogP contribution is 2.12. The molecule has 5 nitrogen and oxygen atoms in total. The van der Waals surface area contributed by atoms with Gasteiger partial charge in [-0.3, -0.25) is 9.69 Å². The number of methoxy groups -OCH3 is 1. The van der Waals surface area contributed by atoms with Gasteiger partial charge >= 0.3 is 5.97 Å². The van der Waals surface area contributed by atoms with Crippen molar-refractivity contribution in [3.05, 3.63) is 0 Å². The maximum atomic E-state index is 11.1. The third-order valence-corrected chi connectivity index (χ3v) is 2.47. The Hall–Kier alpha value is -0.650. The van der Waals surface area contributed by atoms with Gasteiger partial charge in [0.15, 0.2) is 0 Å². The molecular weight excluding hydrogens is 186 g/mol. The van der Waals surface area contributed by atoms with Gasteiger partial charge in [0.25, 0.3) is 0 Å². The van der Waals surface area contributed by atoms with E-state index in [0.717, 1.165) is 0 Å². The van der Waals surface area contributed by atoms with E-state index in [1.165, 1.54) is 7.11 Å². The molecule has 14 heavy (non-hydrogen) atoms. The highest BCUT2D eigenvalue weighted by Gasteiger charge is 2.31. The number of hydrogen-bond donors (Lipinski definition) is 2. The van der Waals surface area contributed by atoms with Crippen LogP contribution in [0.25, 0.3) is 0 Å². The smallest absolute Gasteiger partial charge is 0.309 e. The highest BCUT2D eigenvalue weighted by atomic mass is 16.5. The number of aliphatic hydroxyl groups is 2. The number of hydrogen-bond acceptors (Lipinski definition) is 5. The van der Waals surface area contributed by atoms with Crippen molar-refractivity contribution in [1.82, 2.24) is 4.90 Å². The van der Waals surface area contributed by atoms with Crippen molar-refractivity contribution in [2.45, 2.75) is 19.1 Å². The molecule has 3 atom stereocenters. The molecule has 0 aromatic carbocycles. The van der Waals surface area contributed by atoms with Crippen LogP contribution in [0.15, 0.2) is 0 Å². The predicted molar refractivity (Wildman–Crippen MR) is 49.6 cm³/mol. The monoisotopic (exact) mass is 203 g/mol. The van der Waals surface area contributed by atoms with Gasteiger partial charge in [0.2, 0.25) is 0 Å². The maximum absolute atomic E-state index is 11.1. The number of nitrogens with zero attached hydrogens (tertiary/aromatic N) is 1. The molecule has 0 aromatic heterocycles. The van der Waals surface area contributed by atoms with Gasteiger partial charge in [0.05, 0.1) is 25.2 Å². The lowest BCUT2D eigenvalue weighted by Crippen LogP contribution is -2.31. The molecule has 0 aliphatic carbocycles. The lowest BCUT2D eigenvalue weighted by molar-refractivity contribution is -0.145. The first-order valence-corrected chi connectivity index (χ1v) is 4.71. The Bertz CT molecular complexity index is 199. The number of carbonyl (C=O) groups excluding carboxylic acids is 1. The average molecular weight is 203 g/mol. The zero-order chi connectivity index (χ0) is 10.7. The van der Waals surface area contributed by atoms with E-state index in [1.807, 2.05) is 4.90 Å². The van der Waals surface area contributed by atoms with Gasteiger partial charge in [-0.05, 0) is 0 Å². The van der Waals surface area contributed by atoms with E-state index >= 15 is 0 Å². The van der Waals surface area contributed by atoms with Crippen molar-refractivity contribution < 1.29 is 19.7 Å². The van der Waals surface area contributed by atoms with Crippen molar-refractivity contribution in [2.75, 3.05) is 26.7 Å². The van der Waals surface area contributed by atoms with Crippen LogP contribution >= 0.6 is 0 Å². The zero-order valence-corrected chi connectivity index (χ0v) is 8.51. The second-order valence-corrected chi connectivity index (χ2v) is 3.78. The Kier molecular flexibility index (Phi) is 3.86. The maximum Gasteiger partial charge on any atom is 0.309 e. The molecule has 1 aliphatic rings. The van der Waals surface area contributed by atoms with E-state index in [4.69, 9.17) is 0 Å². The van der Waals surface area contributed by atoms with Crippen molar-refractivity contribution in [2.24, 2.45) is 5.92 Å². The molecule has 0 amide bonds. The molecule has 82 valence electrons. The van der Waals surface area contributed by atoms with Crippen LogP contribution in [-0.2, 0) is 9.53 Å². The van der Waals surface area contributed by atoms with Crippen LogP contribution in [0.3, 0.4) is 0 Å². The van der Waals surface area contributed by atoms with E-state index in [9.17, 15) is 15.0 Å². The van der Waals surface area contributed by atoms with E-state index in [1.54, 1.807) is 6.92 Å². The predicted octanol–water partition coefficient (Wildman–Crippen LogP) is -1.17. The van der Waals surface area contributed by atoms with E-state index < -0.39 is 12.2 Å². The largest absolute Gasteiger partial charge is 0.469 e. The van der Waals surface area contributed by atoms with Gasteiger partial charge in [-0.15, -0.1) is 0 Å². The molecule has 5 heteroatoms. The van der Waals surface area contributed by atoms with Crippen molar-refractivity contribution in [1.29, 1.82) is 0 Å². The van der Waals surface area contributed by atoms with Gasteiger partial charge < -0.3 is 14.9 Å². The Labute approximate surface area is 83.3 Å². The van der Waals surface area contributed by atoms with Crippen LogP contribution in [0.5, 0.6) is 0 Å². The van der Waals surface area contributed by atoms with Crippen LogP contribution < -0.4 is 0 Å². The summed E-state index contributed by atoms with van der Waals surface area (Å²) in [7, 11) is 1.35. The summed E-state index contributed by atoms with van der Waals surface area (Å²) in [6.07, 6.45) is -1.39. The van der Waals surface area contributed by atoms with E-state index in [-0.39, 0.29) is 11.9 Å². The fraction of sp³-hybridized carbons (Fsp3) is 0.889. The average Bonchev–Trinajstić information content (AvgIpc) is 2.44. The number of carbonyl (C=O) groups is 1. The minimum Gasteiger partial charge on any atom is -0.469 e. The summed E-state index contributed by atoms with van der Waals surface area (Å²) in [6.45, 7) is 3.12. The van der Waals surface area contributed by atoms with E-state index in [0.29, 0.717) is 19.6 Å². The minimum absolute atomic E-state index is 0.225. The van der Waals surface area contributed by atoms with Crippen LogP contribution in [0, 0.1) is 5.92 Å². The Balaban J connectivity index is 2.35. The fourth-order valence-electron chi connectivity index (χ4n) is 1.66. The molecule has 0 aromatic rings. The number of ether oxygens (including phenoxy) is 1. The normalized spacial score (nSPS) is 30.3. The molecule has 1 aliphatic heterocycles. The third-order valence-electron chi connectivity index (χ3n) is 2.47. The molecule has 0 bridgehead atoms. The van der Waals surface area contributed by atoms with Crippen LogP contribution in [0.2, 0.25) is 0 Å². The number of aliphatic hydroxyl groups excluding tert-OH is 2. The molecule has 3 unspecified atom stereocenters. The summed E-state index contributed by atoms with van der Waals surface area (Å²) in [5, 5.41) is 18.5. The molecule has 0 saturated carbocycles. The summed E-state index contributed by atoms with van der Waals surface area (Å²) in [6, 6.07) is 0. The molecule has 0 spiro atoms. The van der Waals surface area contributed by atoms with E-state index in [2.05, 4.69) is 4.74 Å². The number of likely N-dealkylation sites (tertiary alicyclic amines) is 1. The first-order chi connectivity index (χ1) is 6.54. The minimum atomic E-state index is -0.695. The van der Waals surface area contributed by atoms with Crippen molar-refractivity contribution in [3.8, 4) is 0 Å². The van der Waals surface area contributed by atoms with Crippen LogP contribution in [0.4, 0.5) is 0 Å². The zero-order valence-electron chi connectivity index (χ0n) is 8.51. The quantitative estimate of drug-likeness (QED) is 0.566. The summed E-state index contributed by atoms with van der Waals surface area (Å²) < 4.78 is 4.59. The fourth-order valence-corrected chi connectivity index (χ4v) is 1.66. The molecular formula is C9H17NO4.